The minimum absolute atomic E-state index is 0.177. The second-order valence-corrected chi connectivity index (χ2v) is 3.87. The van der Waals surface area contributed by atoms with Gasteiger partial charge in [-0.1, -0.05) is 6.92 Å². The fourth-order valence-electron chi connectivity index (χ4n) is 1.29. The molecule has 1 atom stereocenters. The quantitative estimate of drug-likeness (QED) is 0.825. The largest absolute Gasteiger partial charge is 0.494 e. The highest BCUT2D eigenvalue weighted by Crippen LogP contribution is 2.15. The Morgan fingerprint density at radius 3 is 2.47 bits per heavy atom. The third-order valence-electron chi connectivity index (χ3n) is 2.41. The number of ether oxygens (including phenoxy) is 1. The smallest absolute Gasteiger partial charge is 0.319 e. The predicted octanol–water partition coefficient (Wildman–Crippen LogP) is 3.01. The molecule has 0 bridgehead atoms. The Bertz CT molecular complexity index is 349. The van der Waals surface area contributed by atoms with Gasteiger partial charge in [0.25, 0.3) is 0 Å². The molecule has 17 heavy (non-hydrogen) atoms. The van der Waals surface area contributed by atoms with Gasteiger partial charge in [-0.15, -0.1) is 0 Å². The van der Waals surface area contributed by atoms with E-state index < -0.39 is 0 Å². The van der Waals surface area contributed by atoms with Gasteiger partial charge in [-0.25, -0.2) is 4.79 Å². The van der Waals surface area contributed by atoms with Crippen molar-refractivity contribution in [2.75, 3.05) is 11.9 Å². The lowest BCUT2D eigenvalue weighted by atomic mass is 10.3. The van der Waals surface area contributed by atoms with E-state index in [1.165, 1.54) is 0 Å². The molecule has 4 heteroatoms. The maximum absolute atomic E-state index is 11.5. The molecule has 0 fully saturated rings. The molecule has 0 aliphatic carbocycles. The number of hydrogen-bond acceptors (Lipinski definition) is 2. The maximum atomic E-state index is 11.5. The summed E-state index contributed by atoms with van der Waals surface area (Å²) in [7, 11) is 0. The summed E-state index contributed by atoms with van der Waals surface area (Å²) in [6.07, 6.45) is 0.913. The van der Waals surface area contributed by atoms with Crippen LogP contribution >= 0.6 is 0 Å². The van der Waals surface area contributed by atoms with Crippen LogP contribution in [0.4, 0.5) is 10.5 Å². The second-order valence-electron chi connectivity index (χ2n) is 3.87. The minimum atomic E-state index is -0.177. The fraction of sp³-hybridized carbons (Fsp3) is 0.462. The van der Waals surface area contributed by atoms with E-state index in [1.807, 2.05) is 45.0 Å². The predicted molar refractivity (Wildman–Crippen MR) is 69.5 cm³/mol. The monoisotopic (exact) mass is 236 g/mol. The van der Waals surface area contributed by atoms with Crippen LogP contribution in [-0.4, -0.2) is 18.7 Å². The number of carbonyl (C=O) groups is 1. The lowest BCUT2D eigenvalue weighted by Gasteiger charge is -2.12. The van der Waals surface area contributed by atoms with Crippen molar-refractivity contribution in [2.24, 2.45) is 0 Å². The van der Waals surface area contributed by atoms with E-state index >= 15 is 0 Å². The summed E-state index contributed by atoms with van der Waals surface area (Å²) in [4.78, 5) is 11.5. The van der Waals surface area contributed by atoms with Crippen LogP contribution in [0.2, 0.25) is 0 Å². The van der Waals surface area contributed by atoms with E-state index in [1.54, 1.807) is 0 Å². The first-order valence-corrected chi connectivity index (χ1v) is 5.96. The molecule has 2 N–H and O–H groups in total. The van der Waals surface area contributed by atoms with Crippen LogP contribution in [0.3, 0.4) is 0 Å². The van der Waals surface area contributed by atoms with Crippen molar-refractivity contribution in [3.8, 4) is 5.75 Å². The van der Waals surface area contributed by atoms with Gasteiger partial charge in [0, 0.05) is 11.7 Å². The highest BCUT2D eigenvalue weighted by Gasteiger charge is 2.05. The van der Waals surface area contributed by atoms with Gasteiger partial charge in [0.15, 0.2) is 0 Å². The molecule has 1 rings (SSSR count). The van der Waals surface area contributed by atoms with Crippen LogP contribution in [0, 0.1) is 0 Å². The number of nitrogens with one attached hydrogen (secondary N) is 2. The summed E-state index contributed by atoms with van der Waals surface area (Å²) < 4.78 is 5.32. The zero-order valence-corrected chi connectivity index (χ0v) is 10.6. The van der Waals surface area contributed by atoms with Gasteiger partial charge in [0.1, 0.15) is 5.75 Å². The van der Waals surface area contributed by atoms with E-state index in [9.17, 15) is 4.79 Å². The first-order chi connectivity index (χ1) is 8.15. The van der Waals surface area contributed by atoms with Crippen LogP contribution < -0.4 is 15.4 Å². The van der Waals surface area contributed by atoms with Crippen LogP contribution in [0.25, 0.3) is 0 Å². The van der Waals surface area contributed by atoms with E-state index in [4.69, 9.17) is 4.74 Å². The van der Waals surface area contributed by atoms with Gasteiger partial charge >= 0.3 is 6.03 Å². The number of anilines is 1. The van der Waals surface area contributed by atoms with E-state index in [-0.39, 0.29) is 12.1 Å². The van der Waals surface area contributed by atoms with E-state index in [0.29, 0.717) is 6.61 Å². The third-order valence-corrected chi connectivity index (χ3v) is 2.41. The maximum Gasteiger partial charge on any atom is 0.319 e. The molecule has 0 heterocycles. The molecule has 0 saturated carbocycles. The van der Waals surface area contributed by atoms with Gasteiger partial charge < -0.3 is 15.4 Å². The summed E-state index contributed by atoms with van der Waals surface area (Å²) in [6.45, 7) is 6.58. The van der Waals surface area contributed by atoms with Crippen molar-refractivity contribution in [2.45, 2.75) is 33.2 Å². The van der Waals surface area contributed by atoms with Crippen LogP contribution in [0.5, 0.6) is 5.75 Å². The average molecular weight is 236 g/mol. The molecule has 2 amide bonds. The number of carbonyl (C=O) groups excluding carboxylic acids is 1. The van der Waals surface area contributed by atoms with Crippen LogP contribution in [0.1, 0.15) is 27.2 Å². The number of benzene rings is 1. The van der Waals surface area contributed by atoms with Gasteiger partial charge in [-0.2, -0.15) is 0 Å². The number of amides is 2. The summed E-state index contributed by atoms with van der Waals surface area (Å²) in [5, 5.41) is 5.61. The molecule has 0 aliphatic heterocycles. The topological polar surface area (TPSA) is 50.4 Å². The Balaban J connectivity index is 2.48. The standard InChI is InChI=1S/C13H20N2O2/c1-4-10(3)14-13(16)15-11-6-8-12(9-7-11)17-5-2/h6-10H,4-5H2,1-3H3,(H2,14,15,16)/t10-/m1/s1. The van der Waals surface area contributed by atoms with Gasteiger partial charge in [-0.3, -0.25) is 0 Å². The second kappa shape index (κ2) is 6.78. The van der Waals surface area contributed by atoms with Gasteiger partial charge in [-0.05, 0) is 44.5 Å². The Hall–Kier alpha value is -1.71. The molecule has 0 saturated heterocycles. The van der Waals surface area contributed by atoms with Crippen molar-refractivity contribution in [1.29, 1.82) is 0 Å². The summed E-state index contributed by atoms with van der Waals surface area (Å²) in [6, 6.07) is 7.31. The molecule has 4 nitrogen and oxygen atoms in total. The Kier molecular flexibility index (Phi) is 5.33. The van der Waals surface area contributed by atoms with Crippen LogP contribution in [0.15, 0.2) is 24.3 Å². The zero-order valence-electron chi connectivity index (χ0n) is 10.6. The fourth-order valence-corrected chi connectivity index (χ4v) is 1.29. The highest BCUT2D eigenvalue weighted by atomic mass is 16.5. The van der Waals surface area contributed by atoms with E-state index in [2.05, 4.69) is 10.6 Å². The normalized spacial score (nSPS) is 11.7. The molecule has 0 radical (unpaired) electrons. The number of hydrogen-bond donors (Lipinski definition) is 2. The van der Waals surface area contributed by atoms with Crippen molar-refractivity contribution < 1.29 is 9.53 Å². The lowest BCUT2D eigenvalue weighted by molar-refractivity contribution is 0.249. The average Bonchev–Trinajstić information content (AvgIpc) is 2.31. The molecule has 1 aromatic carbocycles. The van der Waals surface area contributed by atoms with E-state index in [0.717, 1.165) is 17.9 Å². The minimum Gasteiger partial charge on any atom is -0.494 e. The Morgan fingerprint density at radius 1 is 1.29 bits per heavy atom. The van der Waals surface area contributed by atoms with Crippen molar-refractivity contribution in [3.63, 3.8) is 0 Å². The molecular weight excluding hydrogens is 216 g/mol. The van der Waals surface area contributed by atoms with Gasteiger partial charge in [0.2, 0.25) is 0 Å². The Labute approximate surface area is 102 Å². The molecule has 0 spiro atoms. The lowest BCUT2D eigenvalue weighted by Crippen LogP contribution is -2.35. The number of rotatable bonds is 5. The van der Waals surface area contributed by atoms with Gasteiger partial charge in [0.05, 0.1) is 6.61 Å². The van der Waals surface area contributed by atoms with Crippen molar-refractivity contribution in [3.05, 3.63) is 24.3 Å². The zero-order chi connectivity index (χ0) is 12.7. The van der Waals surface area contributed by atoms with Crippen LogP contribution in [-0.2, 0) is 0 Å². The summed E-state index contributed by atoms with van der Waals surface area (Å²) >= 11 is 0. The first-order valence-electron chi connectivity index (χ1n) is 5.96. The molecular formula is C13H20N2O2. The summed E-state index contributed by atoms with van der Waals surface area (Å²) in [5.41, 5.74) is 0.759. The number of urea groups is 1. The third kappa shape index (κ3) is 4.76. The molecule has 0 unspecified atom stereocenters. The Morgan fingerprint density at radius 2 is 1.94 bits per heavy atom. The van der Waals surface area contributed by atoms with Crippen molar-refractivity contribution in [1.82, 2.24) is 5.32 Å². The molecule has 94 valence electrons. The summed E-state index contributed by atoms with van der Waals surface area (Å²) in [5.74, 6) is 0.806. The molecule has 0 aliphatic rings. The SMILES string of the molecule is CCOc1ccc(NC(=O)N[C@H](C)CC)cc1. The highest BCUT2D eigenvalue weighted by molar-refractivity contribution is 5.89. The van der Waals surface area contributed by atoms with Crippen molar-refractivity contribution >= 4 is 11.7 Å². The first kappa shape index (κ1) is 13.4. The molecule has 0 aromatic heterocycles. The molecule has 1 aromatic rings.